The van der Waals surface area contributed by atoms with Crippen molar-refractivity contribution in [3.8, 4) is 5.75 Å². The smallest absolute Gasteiger partial charge is 0.258 e. The van der Waals surface area contributed by atoms with Crippen LogP contribution in [0.25, 0.3) is 0 Å². The first-order chi connectivity index (χ1) is 13.3. The summed E-state index contributed by atoms with van der Waals surface area (Å²) in [7, 11) is -3.52. The first kappa shape index (κ1) is 22.4. The van der Waals surface area contributed by atoms with E-state index < -0.39 is 10.0 Å². The lowest BCUT2D eigenvalue weighted by Gasteiger charge is -2.15. The molecule has 2 aromatic carbocycles. The fourth-order valence-electron chi connectivity index (χ4n) is 2.47. The fraction of sp³-hybridized carbons (Fsp3) is 0.350. The van der Waals surface area contributed by atoms with Crippen molar-refractivity contribution in [1.82, 2.24) is 10.0 Å². The SMILES string of the molecule is CCCCNS(=O)(=O)c1ccc(OCC(=O)N[C@@H](C)c2cccc(Br)c2)cc1. The van der Waals surface area contributed by atoms with E-state index in [0.29, 0.717) is 12.3 Å². The Bertz CT molecular complexity index is 885. The van der Waals surface area contributed by atoms with Crippen LogP contribution >= 0.6 is 15.9 Å². The van der Waals surface area contributed by atoms with Crippen molar-refractivity contribution < 1.29 is 17.9 Å². The zero-order chi connectivity index (χ0) is 20.6. The number of halogens is 1. The molecule has 0 aliphatic heterocycles. The average molecular weight is 469 g/mol. The third-order valence-corrected chi connectivity index (χ3v) is 6.02. The molecule has 0 heterocycles. The summed E-state index contributed by atoms with van der Waals surface area (Å²) in [6.45, 7) is 4.15. The van der Waals surface area contributed by atoms with Gasteiger partial charge in [0.15, 0.2) is 6.61 Å². The highest BCUT2D eigenvalue weighted by Crippen LogP contribution is 2.18. The molecule has 0 spiro atoms. The largest absolute Gasteiger partial charge is 0.484 e. The highest BCUT2D eigenvalue weighted by atomic mass is 79.9. The van der Waals surface area contributed by atoms with Gasteiger partial charge in [0.1, 0.15) is 5.75 Å². The van der Waals surface area contributed by atoms with Crippen molar-refractivity contribution >= 4 is 31.9 Å². The number of unbranched alkanes of at least 4 members (excludes halogenated alkanes) is 1. The molecule has 1 atom stereocenters. The molecule has 6 nitrogen and oxygen atoms in total. The predicted octanol–water partition coefficient (Wildman–Crippen LogP) is 3.78. The van der Waals surface area contributed by atoms with Gasteiger partial charge in [0.25, 0.3) is 5.91 Å². The van der Waals surface area contributed by atoms with Crippen molar-refractivity contribution in [3.05, 3.63) is 58.6 Å². The van der Waals surface area contributed by atoms with E-state index in [2.05, 4.69) is 26.0 Å². The van der Waals surface area contributed by atoms with Gasteiger partial charge in [0.05, 0.1) is 10.9 Å². The Morgan fingerprint density at radius 3 is 2.54 bits per heavy atom. The molecule has 0 saturated heterocycles. The van der Waals surface area contributed by atoms with Gasteiger partial charge in [-0.2, -0.15) is 0 Å². The molecule has 0 bridgehead atoms. The first-order valence-electron chi connectivity index (χ1n) is 9.09. The lowest BCUT2D eigenvalue weighted by molar-refractivity contribution is -0.123. The van der Waals surface area contributed by atoms with Crippen LogP contribution < -0.4 is 14.8 Å². The molecule has 0 unspecified atom stereocenters. The van der Waals surface area contributed by atoms with E-state index in [9.17, 15) is 13.2 Å². The molecule has 0 fully saturated rings. The maximum absolute atomic E-state index is 12.1. The topological polar surface area (TPSA) is 84.5 Å². The minimum atomic E-state index is -3.52. The summed E-state index contributed by atoms with van der Waals surface area (Å²) in [4.78, 5) is 12.3. The molecule has 1 amide bonds. The Kier molecular flexibility index (Phi) is 8.47. The maximum Gasteiger partial charge on any atom is 0.258 e. The van der Waals surface area contributed by atoms with Crippen molar-refractivity contribution in [2.45, 2.75) is 37.6 Å². The van der Waals surface area contributed by atoms with Gasteiger partial charge in [0.2, 0.25) is 10.0 Å². The third kappa shape index (κ3) is 6.92. The Hall–Kier alpha value is -1.90. The molecule has 2 aromatic rings. The van der Waals surface area contributed by atoms with Crippen molar-refractivity contribution in [2.24, 2.45) is 0 Å². The van der Waals surface area contributed by atoms with Crippen molar-refractivity contribution in [2.75, 3.05) is 13.2 Å². The minimum Gasteiger partial charge on any atom is -0.484 e. The summed E-state index contributed by atoms with van der Waals surface area (Å²) < 4.78 is 33.2. The Morgan fingerprint density at radius 2 is 1.89 bits per heavy atom. The van der Waals surface area contributed by atoms with E-state index in [-0.39, 0.29) is 23.5 Å². The van der Waals surface area contributed by atoms with Crippen LogP contribution in [0.4, 0.5) is 0 Å². The number of amides is 1. The van der Waals surface area contributed by atoms with E-state index in [4.69, 9.17) is 4.74 Å². The lowest BCUT2D eigenvalue weighted by Crippen LogP contribution is -2.31. The van der Waals surface area contributed by atoms with Gasteiger partial charge >= 0.3 is 0 Å². The van der Waals surface area contributed by atoms with Gasteiger partial charge < -0.3 is 10.1 Å². The summed E-state index contributed by atoms with van der Waals surface area (Å²) in [6, 6.07) is 13.6. The molecule has 2 rings (SSSR count). The maximum atomic E-state index is 12.1. The molecular weight excluding hydrogens is 444 g/mol. The molecule has 28 heavy (non-hydrogen) atoms. The minimum absolute atomic E-state index is 0.154. The average Bonchev–Trinajstić information content (AvgIpc) is 2.67. The normalized spacial score (nSPS) is 12.4. The second-order valence-electron chi connectivity index (χ2n) is 6.36. The number of sulfonamides is 1. The van der Waals surface area contributed by atoms with Crippen LogP contribution in [0.5, 0.6) is 5.75 Å². The molecule has 0 aliphatic carbocycles. The second kappa shape index (κ2) is 10.6. The van der Waals surface area contributed by atoms with Crippen molar-refractivity contribution in [3.63, 3.8) is 0 Å². The summed E-state index contributed by atoms with van der Waals surface area (Å²) in [5.74, 6) is 0.170. The summed E-state index contributed by atoms with van der Waals surface area (Å²) in [6.07, 6.45) is 1.70. The number of hydrogen-bond donors (Lipinski definition) is 2. The third-order valence-electron chi connectivity index (χ3n) is 4.05. The standard InChI is InChI=1S/C20H25BrN2O4S/c1-3-4-12-22-28(25,26)19-10-8-18(9-11-19)27-14-20(24)23-15(2)16-6-5-7-17(21)13-16/h5-11,13,15,22H,3-4,12,14H2,1-2H3,(H,23,24)/t15-/m0/s1. The Labute approximate surface area is 174 Å². The Morgan fingerprint density at radius 1 is 1.18 bits per heavy atom. The van der Waals surface area contributed by atoms with Gasteiger partial charge in [-0.05, 0) is 55.3 Å². The Balaban J connectivity index is 1.86. The number of hydrogen-bond acceptors (Lipinski definition) is 4. The van der Waals surface area contributed by atoms with Crippen LogP contribution in [-0.2, 0) is 14.8 Å². The summed E-state index contributed by atoms with van der Waals surface area (Å²) in [5.41, 5.74) is 0.979. The second-order valence-corrected chi connectivity index (χ2v) is 9.04. The van der Waals surface area contributed by atoms with Crippen LogP contribution in [0.3, 0.4) is 0 Å². The van der Waals surface area contributed by atoms with Gasteiger partial charge in [-0.15, -0.1) is 0 Å². The molecule has 0 aromatic heterocycles. The van der Waals surface area contributed by atoms with E-state index >= 15 is 0 Å². The molecule has 8 heteroatoms. The van der Waals surface area contributed by atoms with Crippen molar-refractivity contribution in [1.29, 1.82) is 0 Å². The zero-order valence-electron chi connectivity index (χ0n) is 15.9. The molecular formula is C20H25BrN2O4S. The van der Waals surface area contributed by atoms with E-state index in [1.165, 1.54) is 12.1 Å². The number of carbonyl (C=O) groups excluding carboxylic acids is 1. The zero-order valence-corrected chi connectivity index (χ0v) is 18.3. The van der Waals surface area contributed by atoms with E-state index in [0.717, 1.165) is 22.9 Å². The van der Waals surface area contributed by atoms with Gasteiger partial charge in [-0.1, -0.05) is 41.4 Å². The van der Waals surface area contributed by atoms with E-state index in [1.54, 1.807) is 12.1 Å². The predicted molar refractivity (Wildman–Crippen MR) is 113 cm³/mol. The molecule has 0 saturated carbocycles. The number of nitrogens with one attached hydrogen (secondary N) is 2. The van der Waals surface area contributed by atoms with E-state index in [1.807, 2.05) is 38.1 Å². The highest BCUT2D eigenvalue weighted by Gasteiger charge is 2.14. The van der Waals surface area contributed by atoms with Gasteiger partial charge in [-0.25, -0.2) is 13.1 Å². The van der Waals surface area contributed by atoms with Gasteiger partial charge in [-0.3, -0.25) is 4.79 Å². The van der Waals surface area contributed by atoms with Gasteiger partial charge in [0, 0.05) is 11.0 Å². The summed E-state index contributed by atoms with van der Waals surface area (Å²) >= 11 is 3.41. The van der Waals surface area contributed by atoms with Crippen LogP contribution in [0.15, 0.2) is 57.9 Å². The fourth-order valence-corrected chi connectivity index (χ4v) is 3.96. The number of carbonyl (C=O) groups is 1. The number of ether oxygens (including phenoxy) is 1. The molecule has 0 radical (unpaired) electrons. The summed E-state index contributed by atoms with van der Waals surface area (Å²) in [5, 5.41) is 2.87. The molecule has 0 aliphatic rings. The van der Waals surface area contributed by atoms with Crippen LogP contribution in [0, 0.1) is 0 Å². The monoisotopic (exact) mass is 468 g/mol. The molecule has 152 valence electrons. The quantitative estimate of drug-likeness (QED) is 0.519. The van der Waals surface area contributed by atoms with Crippen LogP contribution in [0.1, 0.15) is 38.3 Å². The highest BCUT2D eigenvalue weighted by molar-refractivity contribution is 9.10. The number of benzene rings is 2. The van der Waals surface area contributed by atoms with Crippen LogP contribution in [-0.4, -0.2) is 27.5 Å². The van der Waals surface area contributed by atoms with Crippen LogP contribution in [0.2, 0.25) is 0 Å². The molecule has 2 N–H and O–H groups in total. The first-order valence-corrected chi connectivity index (χ1v) is 11.4. The lowest BCUT2D eigenvalue weighted by atomic mass is 10.1. The number of rotatable bonds is 10.